The molecule has 1 aromatic heterocycles. The number of piperidine rings is 1. The van der Waals surface area contributed by atoms with Crippen molar-refractivity contribution in [2.24, 2.45) is 5.92 Å². The number of hydrogen-bond donors (Lipinski definition) is 1. The van der Waals surface area contributed by atoms with E-state index in [9.17, 15) is 4.79 Å². The van der Waals surface area contributed by atoms with Gasteiger partial charge >= 0.3 is 0 Å². The standard InChI is InChI=1S/C22H26N6OS/c1-16-8-9-17(2)20(14-16)28-22(30)27(24-25-28)15-26-12-10-18(11-13-26)21(29)23-19-6-4-3-5-7-19/h3-9,14,18H,10-13,15H2,1-2H3,(H,23,29). The van der Waals surface area contributed by atoms with Crippen molar-refractivity contribution in [1.82, 2.24) is 24.7 Å². The van der Waals surface area contributed by atoms with Crippen LogP contribution in [-0.4, -0.2) is 43.7 Å². The predicted molar refractivity (Wildman–Crippen MR) is 119 cm³/mol. The monoisotopic (exact) mass is 422 g/mol. The maximum Gasteiger partial charge on any atom is 0.227 e. The molecule has 0 saturated carbocycles. The van der Waals surface area contributed by atoms with Crippen molar-refractivity contribution in [2.75, 3.05) is 18.4 Å². The van der Waals surface area contributed by atoms with Crippen LogP contribution in [0.2, 0.25) is 0 Å². The van der Waals surface area contributed by atoms with Crippen LogP contribution in [0.25, 0.3) is 5.69 Å². The third kappa shape index (κ3) is 4.49. The van der Waals surface area contributed by atoms with Gasteiger partial charge in [0.2, 0.25) is 10.7 Å². The summed E-state index contributed by atoms with van der Waals surface area (Å²) in [5.74, 6) is 0.124. The van der Waals surface area contributed by atoms with Gasteiger partial charge < -0.3 is 5.32 Å². The maximum absolute atomic E-state index is 12.5. The minimum atomic E-state index is 0.0278. The van der Waals surface area contributed by atoms with E-state index in [2.05, 4.69) is 45.8 Å². The van der Waals surface area contributed by atoms with Gasteiger partial charge in [0.05, 0.1) is 12.4 Å². The summed E-state index contributed by atoms with van der Waals surface area (Å²) in [7, 11) is 0. The molecule has 2 heterocycles. The van der Waals surface area contributed by atoms with Crippen molar-refractivity contribution in [3.05, 3.63) is 64.4 Å². The first-order valence-electron chi connectivity index (χ1n) is 10.2. The molecular weight excluding hydrogens is 396 g/mol. The van der Waals surface area contributed by atoms with Gasteiger partial charge in [0.15, 0.2) is 0 Å². The first-order valence-corrected chi connectivity index (χ1v) is 10.6. The highest BCUT2D eigenvalue weighted by Gasteiger charge is 2.25. The van der Waals surface area contributed by atoms with Crippen molar-refractivity contribution >= 4 is 23.8 Å². The van der Waals surface area contributed by atoms with E-state index < -0.39 is 0 Å². The lowest BCUT2D eigenvalue weighted by atomic mass is 9.96. The van der Waals surface area contributed by atoms with Crippen LogP contribution in [0.1, 0.15) is 24.0 Å². The number of anilines is 1. The summed E-state index contributed by atoms with van der Waals surface area (Å²) in [5, 5.41) is 11.6. The zero-order chi connectivity index (χ0) is 21.1. The second-order valence-electron chi connectivity index (χ2n) is 7.85. The van der Waals surface area contributed by atoms with Gasteiger partial charge in [0, 0.05) is 24.7 Å². The fourth-order valence-electron chi connectivity index (χ4n) is 3.75. The minimum absolute atomic E-state index is 0.0278. The van der Waals surface area contributed by atoms with Crippen LogP contribution in [-0.2, 0) is 11.5 Å². The molecule has 0 bridgehead atoms. The Hall–Kier alpha value is -2.84. The lowest BCUT2D eigenvalue weighted by Crippen LogP contribution is -2.39. The Balaban J connectivity index is 1.37. The zero-order valence-corrected chi connectivity index (χ0v) is 18.1. The summed E-state index contributed by atoms with van der Waals surface area (Å²) >= 11 is 5.63. The molecule has 1 fully saturated rings. The van der Waals surface area contributed by atoms with Gasteiger partial charge in [-0.05, 0) is 78.7 Å². The number of benzene rings is 2. The normalized spacial score (nSPS) is 15.3. The van der Waals surface area contributed by atoms with Crippen molar-refractivity contribution in [3.8, 4) is 5.69 Å². The molecular formula is C22H26N6OS. The lowest BCUT2D eigenvalue weighted by Gasteiger charge is -2.30. The van der Waals surface area contributed by atoms with Crippen molar-refractivity contribution in [3.63, 3.8) is 0 Å². The van der Waals surface area contributed by atoms with E-state index in [1.54, 1.807) is 9.36 Å². The van der Waals surface area contributed by atoms with Gasteiger partial charge in [0.25, 0.3) is 0 Å². The third-order valence-electron chi connectivity index (χ3n) is 5.57. The van der Waals surface area contributed by atoms with Gasteiger partial charge in [-0.3, -0.25) is 9.69 Å². The Bertz CT molecular complexity index is 1080. The number of carbonyl (C=O) groups excluding carboxylic acids is 1. The molecule has 156 valence electrons. The Morgan fingerprint density at radius 3 is 2.57 bits per heavy atom. The van der Waals surface area contributed by atoms with Gasteiger partial charge in [-0.1, -0.05) is 30.3 Å². The second kappa shape index (κ2) is 8.89. The minimum Gasteiger partial charge on any atom is -0.326 e. The third-order valence-corrected chi connectivity index (χ3v) is 5.95. The number of carbonyl (C=O) groups is 1. The molecule has 30 heavy (non-hydrogen) atoms. The molecule has 3 aromatic rings. The van der Waals surface area contributed by atoms with Gasteiger partial charge in [-0.25, -0.2) is 4.68 Å². The van der Waals surface area contributed by atoms with E-state index in [4.69, 9.17) is 12.2 Å². The number of hydrogen-bond acceptors (Lipinski definition) is 5. The average Bonchev–Trinajstić information content (AvgIpc) is 3.11. The molecule has 1 aliphatic rings. The van der Waals surface area contributed by atoms with Crippen LogP contribution in [0.4, 0.5) is 5.69 Å². The number of aryl methyl sites for hydroxylation is 2. The molecule has 8 heteroatoms. The van der Waals surface area contributed by atoms with Crippen LogP contribution in [0, 0.1) is 24.5 Å². The maximum atomic E-state index is 12.5. The molecule has 1 amide bonds. The molecule has 0 atom stereocenters. The van der Waals surface area contributed by atoms with Crippen LogP contribution in [0.3, 0.4) is 0 Å². The summed E-state index contributed by atoms with van der Waals surface area (Å²) in [4.78, 5) is 14.8. The number of rotatable bonds is 5. The molecule has 0 aliphatic carbocycles. The zero-order valence-electron chi connectivity index (χ0n) is 17.3. The molecule has 0 radical (unpaired) electrons. The first-order chi connectivity index (χ1) is 14.5. The van der Waals surface area contributed by atoms with E-state index in [1.807, 2.05) is 37.3 Å². The number of nitrogens with zero attached hydrogens (tertiary/aromatic N) is 5. The number of amides is 1. The smallest absolute Gasteiger partial charge is 0.227 e. The molecule has 4 rings (SSSR count). The summed E-state index contributed by atoms with van der Waals surface area (Å²) in [6.07, 6.45) is 1.63. The first kappa shape index (κ1) is 20.4. The highest BCUT2D eigenvalue weighted by molar-refractivity contribution is 7.71. The summed E-state index contributed by atoms with van der Waals surface area (Å²) in [6.45, 7) is 6.32. The molecule has 1 aliphatic heterocycles. The van der Waals surface area contributed by atoms with Crippen molar-refractivity contribution in [2.45, 2.75) is 33.4 Å². The summed E-state index contributed by atoms with van der Waals surface area (Å²) in [5.41, 5.74) is 4.07. The van der Waals surface area contributed by atoms with Crippen LogP contribution in [0.15, 0.2) is 48.5 Å². The van der Waals surface area contributed by atoms with Gasteiger partial charge in [0.1, 0.15) is 0 Å². The summed E-state index contributed by atoms with van der Waals surface area (Å²) in [6, 6.07) is 15.8. The number of nitrogens with one attached hydrogen (secondary N) is 1. The number of aromatic nitrogens is 4. The molecule has 2 aromatic carbocycles. The van der Waals surface area contributed by atoms with E-state index in [0.29, 0.717) is 11.4 Å². The van der Waals surface area contributed by atoms with E-state index in [1.165, 1.54) is 0 Å². The van der Waals surface area contributed by atoms with Crippen LogP contribution >= 0.6 is 12.2 Å². The fraction of sp³-hybridized carbons (Fsp3) is 0.364. The largest absolute Gasteiger partial charge is 0.326 e. The molecule has 1 saturated heterocycles. The van der Waals surface area contributed by atoms with Gasteiger partial charge in [-0.15, -0.1) is 0 Å². The Kier molecular flexibility index (Phi) is 6.06. The van der Waals surface area contributed by atoms with Crippen molar-refractivity contribution < 1.29 is 4.79 Å². The number of para-hydroxylation sites is 1. The fourth-order valence-corrected chi connectivity index (χ4v) is 3.98. The quantitative estimate of drug-likeness (QED) is 0.635. The SMILES string of the molecule is Cc1ccc(C)c(-n2nnn(CN3CCC(C(=O)Nc4ccccc4)CC3)c2=S)c1. The number of likely N-dealkylation sites (tertiary alicyclic amines) is 1. The topological polar surface area (TPSA) is 68.0 Å². The van der Waals surface area contributed by atoms with Gasteiger partial charge in [-0.2, -0.15) is 4.68 Å². The Morgan fingerprint density at radius 2 is 1.83 bits per heavy atom. The predicted octanol–water partition coefficient (Wildman–Crippen LogP) is 3.72. The van der Waals surface area contributed by atoms with Crippen LogP contribution < -0.4 is 5.32 Å². The average molecular weight is 423 g/mol. The highest BCUT2D eigenvalue weighted by atomic mass is 32.1. The van der Waals surface area contributed by atoms with Crippen molar-refractivity contribution in [1.29, 1.82) is 0 Å². The molecule has 7 nitrogen and oxygen atoms in total. The van der Waals surface area contributed by atoms with E-state index in [-0.39, 0.29) is 11.8 Å². The molecule has 1 N–H and O–H groups in total. The lowest BCUT2D eigenvalue weighted by molar-refractivity contribution is -0.121. The second-order valence-corrected chi connectivity index (χ2v) is 8.22. The summed E-state index contributed by atoms with van der Waals surface area (Å²) < 4.78 is 4.05. The molecule has 0 unspecified atom stereocenters. The Morgan fingerprint density at radius 1 is 1.10 bits per heavy atom. The van der Waals surface area contributed by atoms with Crippen LogP contribution in [0.5, 0.6) is 0 Å². The highest BCUT2D eigenvalue weighted by Crippen LogP contribution is 2.20. The molecule has 0 spiro atoms. The number of tetrazole rings is 1. The Labute approximate surface area is 181 Å². The van der Waals surface area contributed by atoms with E-state index >= 15 is 0 Å². The van der Waals surface area contributed by atoms with E-state index in [0.717, 1.165) is 48.4 Å².